The summed E-state index contributed by atoms with van der Waals surface area (Å²) in [6.45, 7) is 0.716. The molecule has 2 aliphatic rings. The number of halogens is 2. The molecule has 1 heterocycles. The second kappa shape index (κ2) is 5.99. The highest BCUT2D eigenvalue weighted by Crippen LogP contribution is 2.52. The molecule has 134 valence electrons. The van der Waals surface area contributed by atoms with Crippen LogP contribution < -0.4 is 0 Å². The Balaban J connectivity index is 1.65. The van der Waals surface area contributed by atoms with Crippen molar-refractivity contribution in [3.63, 3.8) is 0 Å². The third-order valence-electron chi connectivity index (χ3n) is 5.37. The van der Waals surface area contributed by atoms with Crippen molar-refractivity contribution in [2.24, 2.45) is 5.41 Å². The maximum Gasteiger partial charge on any atom is 0.254 e. The van der Waals surface area contributed by atoms with Crippen LogP contribution in [0.4, 0.5) is 8.78 Å². The zero-order valence-corrected chi connectivity index (χ0v) is 13.9. The zero-order valence-electron chi connectivity index (χ0n) is 13.9. The van der Waals surface area contributed by atoms with Crippen LogP contribution in [0.15, 0.2) is 42.5 Å². The van der Waals surface area contributed by atoms with E-state index in [1.54, 1.807) is 23.1 Å². The normalized spacial score (nSPS) is 20.4. The first-order chi connectivity index (χ1) is 12.4. The third kappa shape index (κ3) is 2.70. The Morgan fingerprint density at radius 3 is 2.35 bits per heavy atom. The highest BCUT2D eigenvalue weighted by atomic mass is 19.2. The molecule has 4 nitrogen and oxygen atoms in total. The van der Waals surface area contributed by atoms with E-state index >= 15 is 0 Å². The van der Waals surface area contributed by atoms with E-state index < -0.39 is 23.5 Å². The van der Waals surface area contributed by atoms with Gasteiger partial charge in [0.25, 0.3) is 5.91 Å². The molecular formula is C20H17F2NO3. The molecule has 1 spiro atoms. The minimum atomic E-state index is -1.11. The SMILES string of the molecule is O=C(c1ccc(F)c(F)c1)c1ccccc1C(=O)N1CC(O)C2(CC2)C1. The summed E-state index contributed by atoms with van der Waals surface area (Å²) in [5.41, 5.74) is 0.125. The van der Waals surface area contributed by atoms with Crippen LogP contribution in [-0.4, -0.2) is 40.9 Å². The Labute approximate surface area is 149 Å². The van der Waals surface area contributed by atoms with Crippen LogP contribution in [0.25, 0.3) is 0 Å². The molecular weight excluding hydrogens is 340 g/mol. The first kappa shape index (κ1) is 16.8. The van der Waals surface area contributed by atoms with Gasteiger partial charge < -0.3 is 10.0 Å². The minimum Gasteiger partial charge on any atom is -0.391 e. The van der Waals surface area contributed by atoms with Crippen LogP contribution in [0.2, 0.25) is 0 Å². The monoisotopic (exact) mass is 357 g/mol. The van der Waals surface area contributed by atoms with Crippen molar-refractivity contribution in [3.05, 3.63) is 70.8 Å². The predicted molar refractivity (Wildman–Crippen MR) is 89.8 cm³/mol. The Morgan fingerprint density at radius 1 is 1.04 bits per heavy atom. The van der Waals surface area contributed by atoms with Crippen molar-refractivity contribution in [1.82, 2.24) is 4.90 Å². The van der Waals surface area contributed by atoms with Crippen LogP contribution in [0.1, 0.15) is 39.1 Å². The van der Waals surface area contributed by atoms with Crippen molar-refractivity contribution in [2.75, 3.05) is 13.1 Å². The number of hydrogen-bond acceptors (Lipinski definition) is 3. The van der Waals surface area contributed by atoms with E-state index in [9.17, 15) is 23.5 Å². The van der Waals surface area contributed by atoms with Crippen molar-refractivity contribution < 1.29 is 23.5 Å². The van der Waals surface area contributed by atoms with Gasteiger partial charge in [0, 0.05) is 29.6 Å². The molecule has 2 aromatic rings. The predicted octanol–water partition coefficient (Wildman–Crippen LogP) is 2.79. The molecule has 4 rings (SSSR count). The molecule has 1 N–H and O–H groups in total. The standard InChI is InChI=1S/C20H17F2NO3/c21-15-6-5-12(9-16(15)22)18(25)13-3-1-2-4-14(13)19(26)23-10-17(24)20(11-23)7-8-20/h1-6,9,17,24H,7-8,10-11H2. The van der Waals surface area contributed by atoms with Gasteiger partial charge in [-0.25, -0.2) is 8.78 Å². The highest BCUT2D eigenvalue weighted by Gasteiger charge is 2.55. The quantitative estimate of drug-likeness (QED) is 0.860. The van der Waals surface area contributed by atoms with Crippen LogP contribution in [0.5, 0.6) is 0 Å². The number of benzene rings is 2. The Morgan fingerprint density at radius 2 is 1.73 bits per heavy atom. The van der Waals surface area contributed by atoms with E-state index in [0.717, 1.165) is 25.0 Å². The lowest BCUT2D eigenvalue weighted by atomic mass is 9.97. The fourth-order valence-electron chi connectivity index (χ4n) is 3.59. The van der Waals surface area contributed by atoms with Gasteiger partial charge in [0.05, 0.1) is 11.7 Å². The molecule has 1 unspecified atom stereocenters. The van der Waals surface area contributed by atoms with Crippen LogP contribution in [0.3, 0.4) is 0 Å². The summed E-state index contributed by atoms with van der Waals surface area (Å²) < 4.78 is 26.6. The highest BCUT2D eigenvalue weighted by molar-refractivity contribution is 6.15. The number of aliphatic hydroxyl groups is 1. The van der Waals surface area contributed by atoms with Gasteiger partial charge in [0.1, 0.15) is 0 Å². The lowest BCUT2D eigenvalue weighted by Gasteiger charge is -2.18. The van der Waals surface area contributed by atoms with Crippen LogP contribution >= 0.6 is 0 Å². The van der Waals surface area contributed by atoms with Gasteiger partial charge in [-0.05, 0) is 37.1 Å². The Hall–Kier alpha value is -2.60. The van der Waals surface area contributed by atoms with E-state index in [2.05, 4.69) is 0 Å². The van der Waals surface area contributed by atoms with E-state index in [-0.39, 0.29) is 34.6 Å². The molecule has 2 fully saturated rings. The summed E-state index contributed by atoms with van der Waals surface area (Å²) in [6, 6.07) is 9.22. The van der Waals surface area contributed by atoms with Gasteiger partial charge in [0.2, 0.25) is 0 Å². The number of ketones is 1. The van der Waals surface area contributed by atoms with Crippen LogP contribution in [-0.2, 0) is 0 Å². The summed E-state index contributed by atoms with van der Waals surface area (Å²) in [5.74, 6) is -3.03. The van der Waals surface area contributed by atoms with Gasteiger partial charge in [-0.2, -0.15) is 0 Å². The second-order valence-electron chi connectivity index (χ2n) is 7.07. The number of rotatable bonds is 3. The largest absolute Gasteiger partial charge is 0.391 e. The summed E-state index contributed by atoms with van der Waals surface area (Å²) in [4.78, 5) is 27.2. The molecule has 0 bridgehead atoms. The lowest BCUT2D eigenvalue weighted by Crippen LogP contribution is -2.31. The van der Waals surface area contributed by atoms with Crippen molar-refractivity contribution in [2.45, 2.75) is 18.9 Å². The van der Waals surface area contributed by atoms with Gasteiger partial charge >= 0.3 is 0 Å². The number of amides is 1. The smallest absolute Gasteiger partial charge is 0.254 e. The molecule has 2 aromatic carbocycles. The molecule has 26 heavy (non-hydrogen) atoms. The van der Waals surface area contributed by atoms with Gasteiger partial charge in [-0.3, -0.25) is 9.59 Å². The van der Waals surface area contributed by atoms with Gasteiger partial charge in [0.15, 0.2) is 17.4 Å². The molecule has 0 radical (unpaired) electrons. The molecule has 1 saturated heterocycles. The number of likely N-dealkylation sites (tertiary alicyclic amines) is 1. The number of aliphatic hydroxyl groups excluding tert-OH is 1. The van der Waals surface area contributed by atoms with E-state index in [1.165, 1.54) is 12.1 Å². The first-order valence-corrected chi connectivity index (χ1v) is 8.47. The summed E-state index contributed by atoms with van der Waals surface area (Å²) in [7, 11) is 0. The zero-order chi connectivity index (χ0) is 18.5. The lowest BCUT2D eigenvalue weighted by molar-refractivity contribution is 0.0760. The average molecular weight is 357 g/mol. The number of β-amino-alcohol motifs (C(OH)–C–C–N with tert-alkyl or cyclic N) is 1. The summed E-state index contributed by atoms with van der Waals surface area (Å²) >= 11 is 0. The Bertz CT molecular complexity index is 908. The van der Waals surface area contributed by atoms with Gasteiger partial charge in [-0.1, -0.05) is 18.2 Å². The molecule has 1 atom stereocenters. The van der Waals surface area contributed by atoms with E-state index in [4.69, 9.17) is 0 Å². The maximum absolute atomic E-state index is 13.5. The molecule has 1 amide bonds. The fraction of sp³-hybridized carbons (Fsp3) is 0.300. The van der Waals surface area contributed by atoms with Crippen LogP contribution in [0, 0.1) is 17.0 Å². The number of nitrogens with zero attached hydrogens (tertiary/aromatic N) is 1. The average Bonchev–Trinajstić information content (AvgIpc) is 3.35. The fourth-order valence-corrected chi connectivity index (χ4v) is 3.59. The van der Waals surface area contributed by atoms with Crippen molar-refractivity contribution in [1.29, 1.82) is 0 Å². The first-order valence-electron chi connectivity index (χ1n) is 8.47. The van der Waals surface area contributed by atoms with Crippen molar-refractivity contribution >= 4 is 11.7 Å². The van der Waals surface area contributed by atoms with Crippen molar-refractivity contribution in [3.8, 4) is 0 Å². The number of carbonyl (C=O) groups is 2. The second-order valence-corrected chi connectivity index (χ2v) is 7.07. The molecule has 1 saturated carbocycles. The van der Waals surface area contributed by atoms with E-state index in [1.807, 2.05) is 0 Å². The molecule has 1 aliphatic heterocycles. The molecule has 0 aromatic heterocycles. The molecule has 1 aliphatic carbocycles. The van der Waals surface area contributed by atoms with Gasteiger partial charge in [-0.15, -0.1) is 0 Å². The topological polar surface area (TPSA) is 57.6 Å². The third-order valence-corrected chi connectivity index (χ3v) is 5.37. The minimum absolute atomic E-state index is 0.0238. The number of carbonyl (C=O) groups excluding carboxylic acids is 2. The Kier molecular flexibility index (Phi) is 3.88. The molecule has 6 heteroatoms. The summed E-state index contributed by atoms with van der Waals surface area (Å²) in [6.07, 6.45) is 1.25. The maximum atomic E-state index is 13.5. The summed E-state index contributed by atoms with van der Waals surface area (Å²) in [5, 5.41) is 10.2. The van der Waals surface area contributed by atoms with E-state index in [0.29, 0.717) is 6.54 Å². The number of hydrogen-bond donors (Lipinski definition) is 1.